The smallest absolute Gasteiger partial charge is 0.257 e. The van der Waals surface area contributed by atoms with E-state index in [1.165, 1.54) is 6.20 Å². The van der Waals surface area contributed by atoms with Gasteiger partial charge in [-0.3, -0.25) is 9.78 Å². The standard InChI is InChI=1S/C18H15BrN4OS/c1-2-25-17-7-6-16(22-23-17)12-4-3-5-15(9-12)21-18(24)13-8-14(19)11-20-10-13/h3-11H,2H2,1H3,(H,21,24). The van der Waals surface area contributed by atoms with Crippen LogP contribution < -0.4 is 5.32 Å². The Hall–Kier alpha value is -2.25. The maximum absolute atomic E-state index is 12.3. The summed E-state index contributed by atoms with van der Waals surface area (Å²) in [5, 5.41) is 12.2. The monoisotopic (exact) mass is 414 g/mol. The first-order valence-corrected chi connectivity index (χ1v) is 9.42. The average molecular weight is 415 g/mol. The molecule has 0 spiro atoms. The molecule has 0 aliphatic heterocycles. The third kappa shape index (κ3) is 4.64. The van der Waals surface area contributed by atoms with Crippen molar-refractivity contribution in [2.75, 3.05) is 11.1 Å². The molecule has 0 fully saturated rings. The molecule has 7 heteroatoms. The third-order valence-corrected chi connectivity index (χ3v) is 4.55. The second-order valence-corrected chi connectivity index (χ2v) is 7.32. The second-order valence-electron chi connectivity index (χ2n) is 5.12. The summed E-state index contributed by atoms with van der Waals surface area (Å²) in [5.74, 6) is 0.742. The molecule has 0 radical (unpaired) electrons. The molecule has 2 heterocycles. The number of nitrogens with zero attached hydrogens (tertiary/aromatic N) is 3. The summed E-state index contributed by atoms with van der Waals surface area (Å²) in [6, 6.07) is 13.1. The molecule has 5 nitrogen and oxygen atoms in total. The lowest BCUT2D eigenvalue weighted by Gasteiger charge is -2.07. The van der Waals surface area contributed by atoms with Crippen molar-refractivity contribution < 1.29 is 4.79 Å². The van der Waals surface area contributed by atoms with E-state index < -0.39 is 0 Å². The number of anilines is 1. The van der Waals surface area contributed by atoms with E-state index in [4.69, 9.17) is 0 Å². The molecule has 0 atom stereocenters. The molecule has 1 aromatic carbocycles. The van der Waals surface area contributed by atoms with Crippen LogP contribution in [0.1, 0.15) is 17.3 Å². The van der Waals surface area contributed by atoms with Crippen LogP contribution in [-0.2, 0) is 0 Å². The number of benzene rings is 1. The van der Waals surface area contributed by atoms with Gasteiger partial charge in [-0.2, -0.15) is 0 Å². The zero-order valence-electron chi connectivity index (χ0n) is 13.4. The van der Waals surface area contributed by atoms with Crippen molar-refractivity contribution in [2.24, 2.45) is 0 Å². The predicted octanol–water partition coefficient (Wildman–Crippen LogP) is 4.67. The number of halogens is 1. The minimum atomic E-state index is -0.216. The first-order valence-electron chi connectivity index (χ1n) is 7.64. The van der Waals surface area contributed by atoms with E-state index in [0.717, 1.165) is 26.5 Å². The molecule has 3 rings (SSSR count). The van der Waals surface area contributed by atoms with Gasteiger partial charge in [-0.25, -0.2) is 0 Å². The van der Waals surface area contributed by atoms with E-state index >= 15 is 0 Å². The molecule has 126 valence electrons. The lowest BCUT2D eigenvalue weighted by Crippen LogP contribution is -2.12. The maximum atomic E-state index is 12.3. The fraction of sp³-hybridized carbons (Fsp3) is 0.111. The van der Waals surface area contributed by atoms with E-state index in [1.807, 2.05) is 36.4 Å². The third-order valence-electron chi connectivity index (χ3n) is 3.32. The Balaban J connectivity index is 1.78. The molecule has 1 amide bonds. The van der Waals surface area contributed by atoms with E-state index in [9.17, 15) is 4.79 Å². The van der Waals surface area contributed by atoms with Crippen molar-refractivity contribution in [2.45, 2.75) is 11.9 Å². The highest BCUT2D eigenvalue weighted by Crippen LogP contribution is 2.23. The lowest BCUT2D eigenvalue weighted by molar-refractivity contribution is 0.102. The van der Waals surface area contributed by atoms with Crippen molar-refractivity contribution >= 4 is 39.3 Å². The zero-order valence-corrected chi connectivity index (χ0v) is 15.8. The Morgan fingerprint density at radius 1 is 1.16 bits per heavy atom. The number of pyridine rings is 1. The normalized spacial score (nSPS) is 10.5. The summed E-state index contributed by atoms with van der Waals surface area (Å²) in [6.07, 6.45) is 3.16. The van der Waals surface area contributed by atoms with Crippen LogP contribution in [0.4, 0.5) is 5.69 Å². The molecule has 0 aliphatic carbocycles. The fourth-order valence-electron chi connectivity index (χ4n) is 2.19. The van der Waals surface area contributed by atoms with Gasteiger partial charge in [-0.05, 0) is 52.0 Å². The van der Waals surface area contributed by atoms with E-state index in [2.05, 4.69) is 43.4 Å². The number of carbonyl (C=O) groups is 1. The number of hydrogen-bond acceptors (Lipinski definition) is 5. The SMILES string of the molecule is CCSc1ccc(-c2cccc(NC(=O)c3cncc(Br)c3)c2)nn1. The number of hydrogen-bond donors (Lipinski definition) is 1. The van der Waals surface area contributed by atoms with Gasteiger partial charge in [-0.1, -0.05) is 19.1 Å². The van der Waals surface area contributed by atoms with Crippen LogP contribution in [0.2, 0.25) is 0 Å². The molecule has 0 bridgehead atoms. The molecular weight excluding hydrogens is 400 g/mol. The minimum absolute atomic E-state index is 0.216. The molecule has 1 N–H and O–H groups in total. The number of rotatable bonds is 5. The average Bonchev–Trinajstić information content (AvgIpc) is 2.63. The molecule has 3 aromatic rings. The van der Waals surface area contributed by atoms with Crippen molar-refractivity contribution in [3.63, 3.8) is 0 Å². The van der Waals surface area contributed by atoms with Gasteiger partial charge in [0.1, 0.15) is 5.03 Å². The van der Waals surface area contributed by atoms with E-state index in [-0.39, 0.29) is 5.91 Å². The summed E-state index contributed by atoms with van der Waals surface area (Å²) in [6.45, 7) is 2.08. The molecule has 25 heavy (non-hydrogen) atoms. The van der Waals surface area contributed by atoms with Gasteiger partial charge in [0.05, 0.1) is 11.3 Å². The van der Waals surface area contributed by atoms with E-state index in [1.54, 1.807) is 24.0 Å². The van der Waals surface area contributed by atoms with Gasteiger partial charge < -0.3 is 5.32 Å². The fourth-order valence-corrected chi connectivity index (χ4v) is 3.12. The topological polar surface area (TPSA) is 67.8 Å². The van der Waals surface area contributed by atoms with Gasteiger partial charge in [-0.15, -0.1) is 22.0 Å². The molecular formula is C18H15BrN4OS. The molecule has 0 aliphatic rings. The van der Waals surface area contributed by atoms with Crippen molar-refractivity contribution in [1.29, 1.82) is 0 Å². The lowest BCUT2D eigenvalue weighted by atomic mass is 10.1. The largest absolute Gasteiger partial charge is 0.322 e. The number of carbonyl (C=O) groups excluding carboxylic acids is 1. The van der Waals surface area contributed by atoms with Crippen LogP contribution in [0, 0.1) is 0 Å². The number of nitrogens with one attached hydrogen (secondary N) is 1. The Morgan fingerprint density at radius 3 is 2.76 bits per heavy atom. The van der Waals surface area contributed by atoms with Crippen molar-refractivity contribution in [3.05, 3.63) is 64.9 Å². The molecule has 0 saturated carbocycles. The number of aromatic nitrogens is 3. The summed E-state index contributed by atoms with van der Waals surface area (Å²) >= 11 is 4.96. The highest BCUT2D eigenvalue weighted by atomic mass is 79.9. The second kappa shape index (κ2) is 8.22. The minimum Gasteiger partial charge on any atom is -0.322 e. The molecule has 0 saturated heterocycles. The van der Waals surface area contributed by atoms with Crippen LogP contribution in [0.3, 0.4) is 0 Å². The summed E-state index contributed by atoms with van der Waals surface area (Å²) in [7, 11) is 0. The van der Waals surface area contributed by atoms with Crippen LogP contribution in [0.15, 0.2) is 64.4 Å². The van der Waals surface area contributed by atoms with E-state index in [0.29, 0.717) is 11.3 Å². The highest BCUT2D eigenvalue weighted by Gasteiger charge is 2.08. The van der Waals surface area contributed by atoms with Gasteiger partial charge in [0.25, 0.3) is 5.91 Å². The Bertz CT molecular complexity index is 886. The van der Waals surface area contributed by atoms with Gasteiger partial charge in [0.15, 0.2) is 0 Å². The first-order chi connectivity index (χ1) is 12.2. The summed E-state index contributed by atoms with van der Waals surface area (Å²) in [4.78, 5) is 16.3. The van der Waals surface area contributed by atoms with Crippen LogP contribution in [0.25, 0.3) is 11.3 Å². The molecule has 2 aromatic heterocycles. The van der Waals surface area contributed by atoms with Gasteiger partial charge in [0.2, 0.25) is 0 Å². The van der Waals surface area contributed by atoms with Crippen molar-refractivity contribution in [1.82, 2.24) is 15.2 Å². The van der Waals surface area contributed by atoms with Crippen LogP contribution in [0.5, 0.6) is 0 Å². The quantitative estimate of drug-likeness (QED) is 0.614. The predicted molar refractivity (Wildman–Crippen MR) is 104 cm³/mol. The van der Waals surface area contributed by atoms with Crippen LogP contribution >= 0.6 is 27.7 Å². The molecule has 0 unspecified atom stereocenters. The summed E-state index contributed by atoms with van der Waals surface area (Å²) < 4.78 is 0.759. The summed E-state index contributed by atoms with van der Waals surface area (Å²) in [5.41, 5.74) is 2.84. The van der Waals surface area contributed by atoms with Gasteiger partial charge in [0, 0.05) is 28.1 Å². The highest BCUT2D eigenvalue weighted by molar-refractivity contribution is 9.10. The Labute approximate surface area is 158 Å². The first kappa shape index (κ1) is 17.6. The van der Waals surface area contributed by atoms with Crippen molar-refractivity contribution in [3.8, 4) is 11.3 Å². The Morgan fingerprint density at radius 2 is 2.04 bits per heavy atom. The maximum Gasteiger partial charge on any atom is 0.257 e. The zero-order chi connectivity index (χ0) is 17.6. The Kier molecular flexibility index (Phi) is 5.78. The number of thioether (sulfide) groups is 1. The van der Waals surface area contributed by atoms with Crippen LogP contribution in [-0.4, -0.2) is 26.8 Å². The van der Waals surface area contributed by atoms with Gasteiger partial charge >= 0.3 is 0 Å². The number of amides is 1.